The molecule has 0 N–H and O–H groups in total. The van der Waals surface area contributed by atoms with Crippen molar-refractivity contribution in [2.45, 2.75) is 0 Å². The molecule has 1 aliphatic rings. The lowest BCUT2D eigenvalue weighted by Gasteiger charge is -2.09. The van der Waals surface area contributed by atoms with Crippen LogP contribution in [0.1, 0.15) is 26.5 Å². The van der Waals surface area contributed by atoms with Gasteiger partial charge in [-0.3, -0.25) is 14.2 Å². The number of carbonyl (C=O) groups is 2. The van der Waals surface area contributed by atoms with Crippen LogP contribution < -0.4 is 0 Å². The number of imidazole rings is 1. The highest BCUT2D eigenvalue weighted by atomic mass is 32.1. The van der Waals surface area contributed by atoms with Gasteiger partial charge in [0.1, 0.15) is 10.7 Å². The van der Waals surface area contributed by atoms with Gasteiger partial charge in [0, 0.05) is 21.7 Å². The van der Waals surface area contributed by atoms with Crippen LogP contribution >= 0.6 is 11.3 Å². The molecule has 0 bridgehead atoms. The molecular formula is C37H22N2O2S. The molecule has 7 aromatic rings. The predicted octanol–water partition coefficient (Wildman–Crippen LogP) is 9.04. The van der Waals surface area contributed by atoms with Crippen molar-refractivity contribution in [3.63, 3.8) is 0 Å². The van der Waals surface area contributed by atoms with E-state index < -0.39 is 0 Å². The maximum atomic E-state index is 13.6. The Morgan fingerprint density at radius 3 is 1.76 bits per heavy atom. The van der Waals surface area contributed by atoms with Gasteiger partial charge in [-0.1, -0.05) is 97.1 Å². The van der Waals surface area contributed by atoms with Crippen molar-refractivity contribution in [1.29, 1.82) is 0 Å². The van der Waals surface area contributed by atoms with Gasteiger partial charge in [0.15, 0.2) is 11.6 Å². The van der Waals surface area contributed by atoms with Crippen LogP contribution in [0.4, 0.5) is 0 Å². The van der Waals surface area contributed by atoms with E-state index in [1.807, 2.05) is 77.4 Å². The van der Waals surface area contributed by atoms with E-state index in [9.17, 15) is 9.59 Å². The van der Waals surface area contributed by atoms with Gasteiger partial charge in [0.05, 0.1) is 11.1 Å². The van der Waals surface area contributed by atoms with Crippen molar-refractivity contribution in [2.75, 3.05) is 0 Å². The van der Waals surface area contributed by atoms with Gasteiger partial charge < -0.3 is 0 Å². The number of aromatic nitrogens is 2. The lowest BCUT2D eigenvalue weighted by atomic mass is 10.0. The van der Waals surface area contributed by atoms with E-state index in [0.29, 0.717) is 17.0 Å². The van der Waals surface area contributed by atoms with Crippen LogP contribution in [-0.2, 0) is 0 Å². The van der Waals surface area contributed by atoms with Gasteiger partial charge in [-0.15, -0.1) is 11.3 Å². The fraction of sp³-hybridized carbons (Fsp3) is 0. The summed E-state index contributed by atoms with van der Waals surface area (Å²) in [5.74, 6) is 0.0310. The Balaban J connectivity index is 1.28. The predicted molar refractivity (Wildman–Crippen MR) is 170 cm³/mol. The van der Waals surface area contributed by atoms with E-state index in [4.69, 9.17) is 4.98 Å². The number of carbonyl (C=O) groups excluding carboxylic acids is 2. The first kappa shape index (κ1) is 24.4. The van der Waals surface area contributed by atoms with Crippen LogP contribution in [-0.4, -0.2) is 21.1 Å². The molecule has 42 heavy (non-hydrogen) atoms. The average Bonchev–Trinajstić information content (AvgIpc) is 3.67. The first-order valence-corrected chi connectivity index (χ1v) is 14.5. The van der Waals surface area contributed by atoms with Gasteiger partial charge in [-0.05, 0) is 63.9 Å². The second kappa shape index (κ2) is 9.61. The summed E-state index contributed by atoms with van der Waals surface area (Å²) in [6.45, 7) is 0. The molecular weight excluding hydrogens is 536 g/mol. The molecule has 0 fully saturated rings. The summed E-state index contributed by atoms with van der Waals surface area (Å²) < 4.78 is 2.04. The molecule has 2 heterocycles. The fourth-order valence-electron chi connectivity index (χ4n) is 5.71. The van der Waals surface area contributed by atoms with Gasteiger partial charge in [-0.25, -0.2) is 4.98 Å². The van der Waals surface area contributed by atoms with Crippen molar-refractivity contribution in [1.82, 2.24) is 9.55 Å². The summed E-state index contributed by atoms with van der Waals surface area (Å²) in [7, 11) is 0. The highest BCUT2D eigenvalue weighted by molar-refractivity contribution is 7.21. The Bertz CT molecular complexity index is 2150. The van der Waals surface area contributed by atoms with Crippen LogP contribution in [0.15, 0.2) is 133 Å². The Morgan fingerprint density at radius 2 is 1.14 bits per heavy atom. The van der Waals surface area contributed by atoms with E-state index >= 15 is 0 Å². The number of hydrogen-bond acceptors (Lipinski definition) is 4. The SMILES string of the molecule is O=C1C(=Cc2nc3sc(-c4ccccc4)cc3n2-c2ccc(-c3ccccc3)cc2)C(=O)c2cc3ccccc3cc21. The van der Waals surface area contributed by atoms with Crippen LogP contribution in [0.2, 0.25) is 0 Å². The Morgan fingerprint density at radius 1 is 0.595 bits per heavy atom. The third-order valence-electron chi connectivity index (χ3n) is 7.81. The maximum absolute atomic E-state index is 13.6. The standard InChI is InChI=1S/C37H22N2O2S/c40-35-29-19-26-13-7-8-14-27(26)20-30(29)36(41)31(35)21-34-38-37-32(22-33(42-37)25-11-5-2-6-12-25)39(34)28-17-15-24(16-18-28)23-9-3-1-4-10-23/h1-22H. The van der Waals surface area contributed by atoms with E-state index in [0.717, 1.165) is 48.4 Å². The van der Waals surface area contributed by atoms with Gasteiger partial charge >= 0.3 is 0 Å². The van der Waals surface area contributed by atoms with Crippen molar-refractivity contribution in [2.24, 2.45) is 0 Å². The summed E-state index contributed by atoms with van der Waals surface area (Å²) in [5.41, 5.74) is 6.23. The van der Waals surface area contributed by atoms with Gasteiger partial charge in [-0.2, -0.15) is 0 Å². The summed E-state index contributed by atoms with van der Waals surface area (Å²) in [4.78, 5) is 34.1. The first-order chi connectivity index (χ1) is 20.6. The van der Waals surface area contributed by atoms with Gasteiger partial charge in [0.25, 0.3) is 0 Å². The molecule has 0 unspecified atom stereocenters. The summed E-state index contributed by atoms with van der Waals surface area (Å²) >= 11 is 1.60. The van der Waals surface area contributed by atoms with Crippen molar-refractivity contribution in [3.05, 3.63) is 150 Å². The minimum absolute atomic E-state index is 0.142. The van der Waals surface area contributed by atoms with E-state index in [1.54, 1.807) is 17.4 Å². The number of nitrogens with zero attached hydrogens (tertiary/aromatic N) is 2. The van der Waals surface area contributed by atoms with Crippen LogP contribution in [0.5, 0.6) is 0 Å². The molecule has 0 radical (unpaired) electrons. The molecule has 198 valence electrons. The smallest absolute Gasteiger partial charge is 0.197 e. The van der Waals surface area contributed by atoms with Crippen LogP contribution in [0.3, 0.4) is 0 Å². The monoisotopic (exact) mass is 558 g/mol. The van der Waals surface area contributed by atoms with Crippen LogP contribution in [0, 0.1) is 0 Å². The Hall–Kier alpha value is -5.39. The van der Waals surface area contributed by atoms with Crippen molar-refractivity contribution in [3.8, 4) is 27.3 Å². The topological polar surface area (TPSA) is 52.0 Å². The summed E-state index contributed by atoms with van der Waals surface area (Å²) in [6.07, 6.45) is 1.66. The fourth-order valence-corrected chi connectivity index (χ4v) is 6.73. The molecule has 5 heteroatoms. The second-order valence-corrected chi connectivity index (χ2v) is 11.4. The number of benzene rings is 5. The highest BCUT2D eigenvalue weighted by Gasteiger charge is 2.34. The zero-order chi connectivity index (χ0) is 28.2. The molecule has 0 aliphatic heterocycles. The molecule has 0 amide bonds. The first-order valence-electron chi connectivity index (χ1n) is 13.7. The molecule has 4 nitrogen and oxygen atoms in total. The van der Waals surface area contributed by atoms with Crippen molar-refractivity contribution < 1.29 is 9.59 Å². The molecule has 8 rings (SSSR count). The minimum Gasteiger partial charge on any atom is -0.292 e. The Kier molecular flexibility index (Phi) is 5.59. The number of allylic oxidation sites excluding steroid dienone is 1. The average molecular weight is 559 g/mol. The van der Waals surface area contributed by atoms with E-state index in [-0.39, 0.29) is 17.1 Å². The largest absolute Gasteiger partial charge is 0.292 e. The van der Waals surface area contributed by atoms with Gasteiger partial charge in [0.2, 0.25) is 0 Å². The lowest BCUT2D eigenvalue weighted by Crippen LogP contribution is -2.03. The minimum atomic E-state index is -0.261. The molecule has 1 aliphatic carbocycles. The number of ketones is 2. The number of hydrogen-bond donors (Lipinski definition) is 0. The highest BCUT2D eigenvalue weighted by Crippen LogP contribution is 2.37. The van der Waals surface area contributed by atoms with E-state index in [1.165, 1.54) is 0 Å². The molecule has 5 aromatic carbocycles. The molecule has 2 aromatic heterocycles. The second-order valence-electron chi connectivity index (χ2n) is 10.3. The number of thiophene rings is 1. The molecule has 0 saturated heterocycles. The third-order valence-corrected chi connectivity index (χ3v) is 8.88. The number of rotatable bonds is 4. The summed E-state index contributed by atoms with van der Waals surface area (Å²) in [6, 6.07) is 42.3. The normalized spacial score (nSPS) is 12.8. The number of fused-ring (bicyclic) bond motifs is 3. The Labute approximate surface area is 245 Å². The van der Waals surface area contributed by atoms with Crippen LogP contribution in [0.25, 0.3) is 54.5 Å². The quantitative estimate of drug-likeness (QED) is 0.160. The maximum Gasteiger partial charge on any atom is 0.197 e. The third kappa shape index (κ3) is 3.94. The number of Topliss-reactive ketones (excluding diaryl/α,β-unsaturated/α-hetero) is 2. The molecule has 0 atom stereocenters. The zero-order valence-electron chi connectivity index (χ0n) is 22.3. The van der Waals surface area contributed by atoms with Crippen molar-refractivity contribution >= 4 is 50.1 Å². The lowest BCUT2D eigenvalue weighted by molar-refractivity contribution is 0.0990. The van der Waals surface area contributed by atoms with E-state index in [2.05, 4.69) is 54.6 Å². The molecule has 0 spiro atoms. The molecule has 0 saturated carbocycles. The zero-order valence-corrected chi connectivity index (χ0v) is 23.1. The summed E-state index contributed by atoms with van der Waals surface area (Å²) in [5, 5.41) is 1.88.